The maximum Gasteiger partial charge on any atom is 0.335 e. The smallest absolute Gasteiger partial charge is 0.335 e. The van der Waals surface area contributed by atoms with Gasteiger partial charge in [-0.2, -0.15) is 13.5 Å². The molecule has 0 saturated carbocycles. The Labute approximate surface area is 174 Å². The Kier molecular flexibility index (Phi) is 6.53. The van der Waals surface area contributed by atoms with Gasteiger partial charge in [-0.15, -0.1) is 11.3 Å². The van der Waals surface area contributed by atoms with E-state index in [9.17, 15) is 4.79 Å². The zero-order valence-electron chi connectivity index (χ0n) is 15.6. The van der Waals surface area contributed by atoms with Crippen molar-refractivity contribution < 1.29 is 17.9 Å². The first-order chi connectivity index (χ1) is 14.0. The zero-order valence-corrected chi connectivity index (χ0v) is 17.3. The Bertz CT molecular complexity index is 1180. The Morgan fingerprint density at radius 2 is 1.86 bits per heavy atom. The molecule has 0 unspecified atom stereocenters. The molecule has 0 aliphatic heterocycles. The van der Waals surface area contributed by atoms with E-state index in [-0.39, 0.29) is 5.91 Å². The predicted molar refractivity (Wildman–Crippen MR) is 113 cm³/mol. The number of hydrogen-bond acceptors (Lipinski definition) is 6. The van der Waals surface area contributed by atoms with Crippen molar-refractivity contribution in [3.8, 4) is 11.5 Å². The predicted octanol–water partition coefficient (Wildman–Crippen LogP) is 4.32. The van der Waals surface area contributed by atoms with Crippen molar-refractivity contribution in [2.45, 2.75) is 6.92 Å². The topological polar surface area (TPSA) is 90.3 Å². The lowest BCUT2D eigenvalue weighted by molar-refractivity contribution is 0.102. The number of rotatable bonds is 4. The van der Waals surface area contributed by atoms with Crippen LogP contribution in [0.3, 0.4) is 0 Å². The molecule has 0 saturated heterocycles. The summed E-state index contributed by atoms with van der Waals surface area (Å²) in [4.78, 5) is 12.6. The average Bonchev–Trinajstić information content (AvgIpc) is 3.33. The van der Waals surface area contributed by atoms with Crippen molar-refractivity contribution in [3.05, 3.63) is 71.2 Å². The highest BCUT2D eigenvalue weighted by Gasteiger charge is 2.14. The van der Waals surface area contributed by atoms with E-state index in [0.717, 1.165) is 15.8 Å². The van der Waals surface area contributed by atoms with Crippen molar-refractivity contribution in [2.75, 3.05) is 5.32 Å². The number of anilines is 1. The summed E-state index contributed by atoms with van der Waals surface area (Å²) in [6.07, 6.45) is 1.78. The summed E-state index contributed by atoms with van der Waals surface area (Å²) in [6, 6.07) is 15.3. The Morgan fingerprint density at radius 1 is 1.14 bits per heavy atom. The second kappa shape index (κ2) is 9.26. The minimum absolute atomic E-state index is 0.215. The number of aromatic nitrogens is 2. The molecule has 0 fully saturated rings. The van der Waals surface area contributed by atoms with Crippen molar-refractivity contribution in [2.24, 2.45) is 7.05 Å². The van der Waals surface area contributed by atoms with Gasteiger partial charge >= 0.3 is 11.6 Å². The zero-order chi connectivity index (χ0) is 20.8. The average molecular weight is 428 g/mol. The monoisotopic (exact) mass is 427 g/mol. The van der Waals surface area contributed by atoms with E-state index in [1.54, 1.807) is 41.4 Å². The van der Waals surface area contributed by atoms with Crippen molar-refractivity contribution in [1.82, 2.24) is 9.78 Å². The van der Waals surface area contributed by atoms with E-state index in [4.69, 9.17) is 13.2 Å². The summed E-state index contributed by atoms with van der Waals surface area (Å²) in [5.41, 5.74) is 1.70. The molecule has 0 spiro atoms. The highest BCUT2D eigenvalue weighted by Crippen LogP contribution is 2.34. The Morgan fingerprint density at radius 3 is 2.52 bits per heavy atom. The molecule has 0 aliphatic rings. The van der Waals surface area contributed by atoms with Crippen LogP contribution in [-0.2, 0) is 18.6 Å². The fourth-order valence-corrected chi connectivity index (χ4v) is 3.50. The number of benzene rings is 2. The first kappa shape index (κ1) is 20.4. The molecule has 29 heavy (non-hydrogen) atoms. The van der Waals surface area contributed by atoms with Crippen molar-refractivity contribution in [1.29, 1.82) is 0 Å². The number of fused-ring (bicyclic) bond motifs is 1. The third-order valence-electron chi connectivity index (χ3n) is 4.00. The Balaban J connectivity index is 0.000000755. The number of nitrogens with one attached hydrogen (secondary N) is 1. The first-order valence-corrected chi connectivity index (χ1v) is 10.0. The molecule has 148 valence electrons. The van der Waals surface area contributed by atoms with Gasteiger partial charge in [0.1, 0.15) is 11.5 Å². The SMILES string of the molecule is Cc1ccc(Oc2cc(C(=O)Nc3ccn(C)n3)cc3sccc23)cc1.O=S=O. The van der Waals surface area contributed by atoms with E-state index in [1.807, 2.05) is 48.7 Å². The second-order valence-corrected chi connectivity index (χ2v) is 7.20. The molecular weight excluding hydrogens is 410 g/mol. The second-order valence-electron chi connectivity index (χ2n) is 6.12. The van der Waals surface area contributed by atoms with Crippen LogP contribution in [0.2, 0.25) is 0 Å². The number of aryl methyl sites for hydroxylation is 2. The van der Waals surface area contributed by atoms with Crippen LogP contribution in [0.15, 0.2) is 60.1 Å². The van der Waals surface area contributed by atoms with Gasteiger partial charge in [0.25, 0.3) is 5.91 Å². The molecule has 1 amide bonds. The fourth-order valence-electron chi connectivity index (χ4n) is 2.66. The number of carbonyl (C=O) groups is 1. The molecule has 4 aromatic rings. The number of thiophene rings is 1. The van der Waals surface area contributed by atoms with Gasteiger partial charge in [-0.1, -0.05) is 17.7 Å². The maximum atomic E-state index is 12.6. The molecule has 2 heterocycles. The van der Waals surface area contributed by atoms with Crippen LogP contribution in [0.1, 0.15) is 15.9 Å². The summed E-state index contributed by atoms with van der Waals surface area (Å²) in [6.45, 7) is 2.03. The number of hydrogen-bond donors (Lipinski definition) is 1. The van der Waals surface area contributed by atoms with Gasteiger partial charge in [0.05, 0.1) is 0 Å². The third kappa shape index (κ3) is 5.15. The molecule has 2 aromatic carbocycles. The maximum absolute atomic E-state index is 12.6. The summed E-state index contributed by atoms with van der Waals surface area (Å²) in [5.74, 6) is 1.71. The van der Waals surface area contributed by atoms with Crippen LogP contribution in [-0.4, -0.2) is 24.1 Å². The number of amides is 1. The molecule has 2 aromatic heterocycles. The molecule has 0 atom stereocenters. The summed E-state index contributed by atoms with van der Waals surface area (Å²) in [5, 5.41) is 9.98. The highest BCUT2D eigenvalue weighted by molar-refractivity contribution is 7.51. The van der Waals surface area contributed by atoms with Crippen LogP contribution < -0.4 is 10.1 Å². The van der Waals surface area contributed by atoms with Gasteiger partial charge in [0.15, 0.2) is 5.82 Å². The van der Waals surface area contributed by atoms with Gasteiger partial charge in [-0.25, -0.2) is 0 Å². The molecule has 0 aliphatic carbocycles. The molecule has 0 bridgehead atoms. The summed E-state index contributed by atoms with van der Waals surface area (Å²) >= 11 is 0.827. The summed E-state index contributed by atoms with van der Waals surface area (Å²) in [7, 11) is 1.81. The Hall–Kier alpha value is -3.30. The third-order valence-corrected chi connectivity index (χ3v) is 4.86. The van der Waals surface area contributed by atoms with E-state index < -0.39 is 11.6 Å². The van der Waals surface area contributed by atoms with E-state index in [0.29, 0.717) is 17.1 Å². The first-order valence-electron chi connectivity index (χ1n) is 8.48. The number of carbonyl (C=O) groups excluding carboxylic acids is 1. The molecule has 7 nitrogen and oxygen atoms in total. The van der Waals surface area contributed by atoms with Gasteiger partial charge < -0.3 is 10.1 Å². The normalized spacial score (nSPS) is 10.1. The molecular formula is C20H17N3O4S2. The highest BCUT2D eigenvalue weighted by atomic mass is 32.1. The van der Waals surface area contributed by atoms with Crippen LogP contribution in [0, 0.1) is 6.92 Å². The van der Waals surface area contributed by atoms with Gasteiger partial charge in [0.2, 0.25) is 0 Å². The van der Waals surface area contributed by atoms with Crippen molar-refractivity contribution in [3.63, 3.8) is 0 Å². The lowest BCUT2D eigenvalue weighted by Gasteiger charge is -2.10. The van der Waals surface area contributed by atoms with Crippen LogP contribution in [0.25, 0.3) is 10.1 Å². The van der Waals surface area contributed by atoms with E-state index >= 15 is 0 Å². The molecule has 0 radical (unpaired) electrons. The standard InChI is InChI=1S/C20H17N3O2S.O2S/c1-13-3-5-15(6-4-13)25-17-11-14(12-18-16(17)8-10-26-18)20(24)21-19-7-9-23(2)22-19;1-3-2/h3-12H,1-2H3,(H,21,22,24);. The van der Waals surface area contributed by atoms with Crippen LogP contribution in [0.4, 0.5) is 5.82 Å². The molecule has 1 N–H and O–H groups in total. The van der Waals surface area contributed by atoms with Gasteiger partial charge in [-0.05, 0) is 42.6 Å². The minimum Gasteiger partial charge on any atom is -0.457 e. The number of nitrogens with zero attached hydrogens (tertiary/aromatic N) is 2. The molecule has 4 rings (SSSR count). The molecule has 9 heteroatoms. The summed E-state index contributed by atoms with van der Waals surface area (Å²) < 4.78 is 25.3. The van der Waals surface area contributed by atoms with E-state index in [1.165, 1.54) is 5.56 Å². The minimum atomic E-state index is -0.750. The number of ether oxygens (including phenoxy) is 1. The quantitative estimate of drug-likeness (QED) is 0.524. The van der Waals surface area contributed by atoms with Gasteiger partial charge in [-0.3, -0.25) is 9.48 Å². The lowest BCUT2D eigenvalue weighted by atomic mass is 10.1. The lowest BCUT2D eigenvalue weighted by Crippen LogP contribution is -2.12. The van der Waals surface area contributed by atoms with E-state index in [2.05, 4.69) is 10.4 Å². The van der Waals surface area contributed by atoms with Crippen LogP contribution in [0.5, 0.6) is 11.5 Å². The van der Waals surface area contributed by atoms with Crippen LogP contribution >= 0.6 is 11.3 Å². The largest absolute Gasteiger partial charge is 0.457 e. The van der Waals surface area contributed by atoms with Gasteiger partial charge in [0, 0.05) is 35.0 Å². The van der Waals surface area contributed by atoms with Crippen molar-refractivity contribution >= 4 is 44.7 Å². The fraction of sp³-hybridized carbons (Fsp3) is 0.100.